The Bertz CT molecular complexity index is 1420. The third-order valence-corrected chi connectivity index (χ3v) is 10.6. The second kappa shape index (κ2) is 13.5. The summed E-state index contributed by atoms with van der Waals surface area (Å²) in [6, 6.07) is 0. The molecule has 0 aliphatic rings. The van der Waals surface area contributed by atoms with Gasteiger partial charge in [0.25, 0.3) is 6.71 Å². The maximum Gasteiger partial charge on any atom is 0.265 e. The fraction of sp³-hybridized carbons (Fsp3) is 0.400. The van der Waals surface area contributed by atoms with Crippen LogP contribution in [0.25, 0.3) is 0 Å². The van der Waals surface area contributed by atoms with Crippen LogP contribution < -0.4 is 16.4 Å². The molecular weight excluding hydrogens is 687 g/mol. The van der Waals surface area contributed by atoms with E-state index < -0.39 is 110 Å². The minimum absolute atomic E-state index is 0.0162. The third kappa shape index (κ3) is 7.42. The predicted octanol–water partition coefficient (Wildman–Crippen LogP) is 9.15. The van der Waals surface area contributed by atoms with E-state index >= 15 is 0 Å². The molecule has 3 aromatic carbocycles. The number of hydrogen-bond donors (Lipinski definition) is 0. The zero-order chi connectivity index (χ0) is 37.0. The lowest BCUT2D eigenvalue weighted by atomic mass is 9.36. The molecule has 0 bridgehead atoms. The topological polar surface area (TPSA) is 0 Å². The van der Waals surface area contributed by atoms with Crippen molar-refractivity contribution in [3.63, 3.8) is 0 Å². The molecule has 17 heteroatoms. The Kier molecular flexibility index (Phi) is 11.6. The van der Waals surface area contributed by atoms with Gasteiger partial charge in [-0.15, -0.1) is 0 Å². The van der Waals surface area contributed by atoms with Crippen molar-refractivity contribution in [2.45, 2.75) is 77.8 Å². The summed E-state index contributed by atoms with van der Waals surface area (Å²) in [4.78, 5) is 0. The van der Waals surface area contributed by atoms with E-state index in [4.69, 9.17) is 0 Å². The van der Waals surface area contributed by atoms with Gasteiger partial charge in [-0.3, -0.25) is 0 Å². The van der Waals surface area contributed by atoms with Gasteiger partial charge in [-0.25, -0.2) is 65.9 Å². The summed E-state index contributed by atoms with van der Waals surface area (Å²) in [6.45, 7) is 17.5. The molecule has 0 aliphatic carbocycles. The highest BCUT2D eigenvalue weighted by Crippen LogP contribution is 2.66. The molecule has 0 aliphatic heterocycles. The molecule has 47 heavy (non-hydrogen) atoms. The molecule has 0 spiro atoms. The van der Waals surface area contributed by atoms with Gasteiger partial charge in [0.1, 0.15) is 0 Å². The van der Waals surface area contributed by atoms with E-state index in [0.717, 1.165) is 0 Å². The van der Waals surface area contributed by atoms with E-state index in [1.54, 1.807) is 0 Å². The Hall–Kier alpha value is -2.90. The normalized spacial score (nSPS) is 12.4. The summed E-state index contributed by atoms with van der Waals surface area (Å²) < 4.78 is 209. The second-order valence-electron chi connectivity index (χ2n) is 13.2. The van der Waals surface area contributed by atoms with Crippen molar-refractivity contribution in [2.75, 3.05) is 0 Å². The van der Waals surface area contributed by atoms with Crippen molar-refractivity contribution in [3.05, 3.63) is 87.3 Å². The Labute approximate surface area is 262 Å². The standard InChI is InChI=1S/C18BF15.C12H27P/c20-4-1(5(21)11(27)16(32)10(4)26)19(2-6(22)12(28)17(33)13(29)7(2)23)3-8(24)14(30)18(34)15(31)9(3)25;1-10(2,3)13(11(4,5)6)12(7,8)9/h;1-9H3. The molecule has 0 N–H and O–H groups in total. The average molecular weight is 714 g/mol. The number of halogens is 15. The molecule has 0 saturated heterocycles. The van der Waals surface area contributed by atoms with Gasteiger partial charge < -0.3 is 0 Å². The maximum atomic E-state index is 14.4. The molecule has 0 atom stereocenters. The van der Waals surface area contributed by atoms with E-state index in [1.165, 1.54) is 0 Å². The first-order valence-electron chi connectivity index (χ1n) is 13.4. The van der Waals surface area contributed by atoms with Crippen LogP contribution in [0.2, 0.25) is 0 Å². The van der Waals surface area contributed by atoms with Crippen molar-refractivity contribution in [1.29, 1.82) is 0 Å². The third-order valence-electron chi connectivity index (χ3n) is 6.61. The lowest BCUT2D eigenvalue weighted by molar-refractivity contribution is 0.380. The van der Waals surface area contributed by atoms with E-state index in [2.05, 4.69) is 62.3 Å². The van der Waals surface area contributed by atoms with Gasteiger partial charge in [0.2, 0.25) is 0 Å². The second-order valence-corrected chi connectivity index (χ2v) is 17.9. The number of benzene rings is 3. The monoisotopic (exact) mass is 714 g/mol. The molecule has 0 fully saturated rings. The van der Waals surface area contributed by atoms with Crippen molar-refractivity contribution >= 4 is 31.0 Å². The van der Waals surface area contributed by atoms with Gasteiger partial charge in [-0.05, 0) is 15.5 Å². The Morgan fingerprint density at radius 3 is 0.511 bits per heavy atom. The van der Waals surface area contributed by atoms with Crippen molar-refractivity contribution in [1.82, 2.24) is 0 Å². The summed E-state index contributed by atoms with van der Waals surface area (Å²) in [5.74, 6) is -45.2. The number of hydrogen-bond acceptors (Lipinski definition) is 0. The van der Waals surface area contributed by atoms with Crippen LogP contribution in [-0.4, -0.2) is 22.2 Å². The van der Waals surface area contributed by atoms with Crippen LogP contribution in [0.15, 0.2) is 0 Å². The van der Waals surface area contributed by atoms with Crippen LogP contribution in [-0.2, 0) is 0 Å². The maximum absolute atomic E-state index is 14.4. The summed E-state index contributed by atoms with van der Waals surface area (Å²) in [6.07, 6.45) is 0. The molecule has 0 radical (unpaired) electrons. The average Bonchev–Trinajstić information content (AvgIpc) is 2.92. The van der Waals surface area contributed by atoms with Gasteiger partial charge in [-0.2, -0.15) is 0 Å². The zero-order valence-electron chi connectivity index (χ0n) is 26.2. The van der Waals surface area contributed by atoms with Crippen LogP contribution in [0.3, 0.4) is 0 Å². The Morgan fingerprint density at radius 2 is 0.404 bits per heavy atom. The molecule has 0 nitrogen and oxygen atoms in total. The molecule has 3 rings (SSSR count). The smallest absolute Gasteiger partial charge is 0.204 e. The summed E-state index contributed by atoms with van der Waals surface area (Å²) in [5.41, 5.74) is -8.03. The molecule has 0 heterocycles. The molecule has 0 amide bonds. The van der Waals surface area contributed by atoms with Crippen LogP contribution in [0.4, 0.5) is 65.9 Å². The van der Waals surface area contributed by atoms with Gasteiger partial charge in [0.15, 0.2) is 87.3 Å². The zero-order valence-corrected chi connectivity index (χ0v) is 27.1. The van der Waals surface area contributed by atoms with Crippen LogP contribution in [0, 0.1) is 87.3 Å². The first-order chi connectivity index (χ1) is 21.0. The Balaban J connectivity index is 0.000000500. The van der Waals surface area contributed by atoms with Crippen molar-refractivity contribution < 1.29 is 65.9 Å². The fourth-order valence-corrected chi connectivity index (χ4v) is 12.1. The largest absolute Gasteiger partial charge is 0.265 e. The first kappa shape index (κ1) is 40.3. The highest BCUT2D eigenvalue weighted by molar-refractivity contribution is 7.62. The molecule has 0 unspecified atom stereocenters. The molecule has 260 valence electrons. The van der Waals surface area contributed by atoms with Gasteiger partial charge in [0.05, 0.1) is 0 Å². The van der Waals surface area contributed by atoms with Gasteiger partial charge in [-0.1, -0.05) is 70.2 Å². The van der Waals surface area contributed by atoms with E-state index in [9.17, 15) is 65.9 Å². The number of rotatable bonds is 3. The molecular formula is C30H27BF15P. The summed E-state index contributed by atoms with van der Waals surface area (Å²) >= 11 is 0. The van der Waals surface area contributed by atoms with Gasteiger partial charge in [0, 0.05) is 16.4 Å². The van der Waals surface area contributed by atoms with Crippen LogP contribution >= 0.6 is 7.92 Å². The van der Waals surface area contributed by atoms with E-state index in [0.29, 0.717) is 15.5 Å². The van der Waals surface area contributed by atoms with E-state index in [-0.39, 0.29) is 7.92 Å². The van der Waals surface area contributed by atoms with Gasteiger partial charge >= 0.3 is 0 Å². The molecule has 3 aromatic rings. The Morgan fingerprint density at radius 1 is 0.277 bits per heavy atom. The fourth-order valence-electron chi connectivity index (χ4n) is 6.08. The minimum atomic E-state index is -3.96. The lowest BCUT2D eigenvalue weighted by Gasteiger charge is -2.49. The summed E-state index contributed by atoms with van der Waals surface area (Å²) in [5, 5.41) is 1.35. The van der Waals surface area contributed by atoms with Crippen LogP contribution in [0.1, 0.15) is 62.3 Å². The molecule has 0 aromatic heterocycles. The highest BCUT2D eigenvalue weighted by atomic mass is 31.1. The molecule has 0 saturated carbocycles. The van der Waals surface area contributed by atoms with Crippen molar-refractivity contribution in [3.8, 4) is 0 Å². The van der Waals surface area contributed by atoms with Crippen molar-refractivity contribution in [2.24, 2.45) is 0 Å². The SMILES string of the molecule is CC(C)(C)P(C(C)(C)C)C(C)(C)C.Fc1c(F)c(F)c(B(c2c(F)c(F)c(F)c(F)c2F)c2c(F)c(F)c(F)c(F)c2F)c(F)c1F. The lowest BCUT2D eigenvalue weighted by Crippen LogP contribution is -2.60. The highest BCUT2D eigenvalue weighted by Gasteiger charge is 2.45. The predicted molar refractivity (Wildman–Crippen MR) is 150 cm³/mol. The van der Waals surface area contributed by atoms with Crippen LogP contribution in [0.5, 0.6) is 0 Å². The summed E-state index contributed by atoms with van der Waals surface area (Å²) in [7, 11) is 0.0162. The first-order valence-corrected chi connectivity index (χ1v) is 14.7. The van der Waals surface area contributed by atoms with E-state index in [1.807, 2.05) is 0 Å². The minimum Gasteiger partial charge on any atom is -0.204 e. The quantitative estimate of drug-likeness (QED) is 0.0836.